The average Bonchev–Trinajstić information content (AvgIpc) is 2.60. The Morgan fingerprint density at radius 1 is 1.50 bits per heavy atom. The summed E-state index contributed by atoms with van der Waals surface area (Å²) in [5.41, 5.74) is 5.08. The normalized spacial score (nSPS) is 15.6. The Labute approximate surface area is 94.9 Å². The topological polar surface area (TPSA) is 56.2 Å². The molecule has 0 radical (unpaired) electrons. The van der Waals surface area contributed by atoms with Crippen LogP contribution in [0.25, 0.3) is 6.08 Å². The molecule has 0 bridgehead atoms. The van der Waals surface area contributed by atoms with Crippen LogP contribution in [0, 0.1) is 0 Å². The number of carbonyl (C=O) groups excluding carboxylic acids is 1. The van der Waals surface area contributed by atoms with Gasteiger partial charge in [-0.1, -0.05) is 11.6 Å². The maximum Gasteiger partial charge on any atom is 0.380 e. The van der Waals surface area contributed by atoms with Crippen molar-refractivity contribution in [2.24, 2.45) is 5.73 Å². The minimum Gasteiger partial charge on any atom is -0.458 e. The van der Waals surface area contributed by atoms with E-state index in [1.54, 1.807) is 6.08 Å². The van der Waals surface area contributed by atoms with Gasteiger partial charge in [0.1, 0.15) is 5.76 Å². The molecule has 1 aromatic heterocycles. The molecule has 1 aliphatic rings. The van der Waals surface area contributed by atoms with Crippen molar-refractivity contribution in [1.82, 2.24) is 0 Å². The molecule has 2 N–H and O–H groups in total. The number of allylic oxidation sites excluding steroid dienone is 1. The summed E-state index contributed by atoms with van der Waals surface area (Å²) in [5.74, 6) is -5.83. The van der Waals surface area contributed by atoms with E-state index in [0.717, 1.165) is 6.07 Å². The molecule has 1 aliphatic carbocycles. The van der Waals surface area contributed by atoms with Crippen LogP contribution < -0.4 is 5.73 Å². The van der Waals surface area contributed by atoms with E-state index in [2.05, 4.69) is 5.73 Å². The molecular weight excluding hydrogens is 240 g/mol. The lowest BCUT2D eigenvalue weighted by Gasteiger charge is -2.08. The first-order chi connectivity index (χ1) is 7.41. The van der Waals surface area contributed by atoms with E-state index in [9.17, 15) is 13.6 Å². The van der Waals surface area contributed by atoms with Crippen LogP contribution >= 0.6 is 11.6 Å². The molecule has 0 unspecified atom stereocenters. The molecule has 0 aromatic carbocycles. The van der Waals surface area contributed by atoms with Crippen molar-refractivity contribution in [3.05, 3.63) is 28.2 Å². The Kier molecular flexibility index (Phi) is 2.50. The van der Waals surface area contributed by atoms with Gasteiger partial charge in [0.25, 0.3) is 5.91 Å². The van der Waals surface area contributed by atoms with Gasteiger partial charge in [-0.2, -0.15) is 8.78 Å². The van der Waals surface area contributed by atoms with Crippen LogP contribution in [-0.4, -0.2) is 5.91 Å². The first kappa shape index (κ1) is 11.1. The van der Waals surface area contributed by atoms with E-state index in [-0.39, 0.29) is 0 Å². The second kappa shape index (κ2) is 3.59. The van der Waals surface area contributed by atoms with Gasteiger partial charge in [-0.05, 0) is 18.6 Å². The lowest BCUT2D eigenvalue weighted by molar-refractivity contribution is -0.145. The van der Waals surface area contributed by atoms with Crippen LogP contribution in [0.4, 0.5) is 8.78 Å². The monoisotopic (exact) mass is 247 g/mol. The fourth-order valence-electron chi connectivity index (χ4n) is 1.51. The maximum atomic E-state index is 13.2. The fourth-order valence-corrected chi connectivity index (χ4v) is 1.72. The number of hydrogen-bond donors (Lipinski definition) is 1. The van der Waals surface area contributed by atoms with Crippen molar-refractivity contribution >= 4 is 23.6 Å². The number of alkyl halides is 2. The molecule has 3 nitrogen and oxygen atoms in total. The number of furan rings is 1. The molecule has 0 saturated carbocycles. The van der Waals surface area contributed by atoms with Gasteiger partial charge < -0.3 is 10.2 Å². The third-order valence-electron chi connectivity index (χ3n) is 2.36. The molecule has 86 valence electrons. The molecule has 0 saturated heterocycles. The Balaban J connectivity index is 2.44. The van der Waals surface area contributed by atoms with Gasteiger partial charge in [0.05, 0.1) is 0 Å². The van der Waals surface area contributed by atoms with Crippen LogP contribution in [-0.2, 0) is 17.1 Å². The Morgan fingerprint density at radius 3 is 2.81 bits per heavy atom. The fraction of sp³-hybridized carbons (Fsp3) is 0.300. The minimum absolute atomic E-state index is 0.403. The van der Waals surface area contributed by atoms with Gasteiger partial charge in [0.15, 0.2) is 5.76 Å². The standard InChI is InChI=1S/C10H8ClF2NO2/c11-6-1-2-7-5(3-6)4-8(16-7)10(12,13)9(14)15/h3-4H,1-2H2,(H2,14,15). The van der Waals surface area contributed by atoms with Crippen molar-refractivity contribution in [2.45, 2.75) is 18.8 Å². The number of fused-ring (bicyclic) bond motifs is 1. The second-order valence-corrected chi connectivity index (χ2v) is 4.00. The van der Waals surface area contributed by atoms with Gasteiger partial charge in [-0.3, -0.25) is 4.79 Å². The van der Waals surface area contributed by atoms with E-state index in [0.29, 0.717) is 29.2 Å². The summed E-state index contributed by atoms with van der Waals surface area (Å²) in [4.78, 5) is 10.6. The van der Waals surface area contributed by atoms with Crippen LogP contribution in [0.5, 0.6) is 0 Å². The molecule has 1 heterocycles. The Morgan fingerprint density at radius 2 is 2.19 bits per heavy atom. The molecule has 0 aliphatic heterocycles. The molecule has 0 spiro atoms. The van der Waals surface area contributed by atoms with E-state index in [1.165, 1.54) is 0 Å². The van der Waals surface area contributed by atoms with Crippen molar-refractivity contribution in [3.8, 4) is 0 Å². The van der Waals surface area contributed by atoms with Gasteiger partial charge in [-0.15, -0.1) is 0 Å². The number of nitrogens with two attached hydrogens (primary N) is 1. The zero-order valence-corrected chi connectivity index (χ0v) is 8.85. The summed E-state index contributed by atoms with van der Waals surface area (Å²) >= 11 is 5.77. The highest BCUT2D eigenvalue weighted by Crippen LogP contribution is 2.35. The largest absolute Gasteiger partial charge is 0.458 e. The number of hydrogen-bond acceptors (Lipinski definition) is 2. The van der Waals surface area contributed by atoms with Gasteiger partial charge in [0.2, 0.25) is 0 Å². The molecule has 0 fully saturated rings. The van der Waals surface area contributed by atoms with Crippen molar-refractivity contribution in [2.75, 3.05) is 0 Å². The summed E-state index contributed by atoms with van der Waals surface area (Å²) in [7, 11) is 0. The van der Waals surface area contributed by atoms with E-state index in [4.69, 9.17) is 16.0 Å². The molecule has 0 atom stereocenters. The number of rotatable bonds is 2. The summed E-state index contributed by atoms with van der Waals surface area (Å²) in [6.07, 6.45) is 2.54. The molecule has 1 amide bonds. The van der Waals surface area contributed by atoms with Crippen LogP contribution in [0.2, 0.25) is 0 Å². The summed E-state index contributed by atoms with van der Waals surface area (Å²) < 4.78 is 31.4. The number of carbonyl (C=O) groups is 1. The highest BCUT2D eigenvalue weighted by atomic mass is 35.5. The third kappa shape index (κ3) is 1.71. The van der Waals surface area contributed by atoms with Crippen molar-refractivity contribution in [1.29, 1.82) is 0 Å². The Bertz CT molecular complexity index is 479. The summed E-state index contributed by atoms with van der Waals surface area (Å²) in [6, 6.07) is 1.10. The van der Waals surface area contributed by atoms with E-state index < -0.39 is 17.6 Å². The van der Waals surface area contributed by atoms with E-state index in [1.807, 2.05) is 0 Å². The summed E-state index contributed by atoms with van der Waals surface area (Å²) in [5, 5.41) is 0.572. The number of halogens is 3. The first-order valence-corrected chi connectivity index (χ1v) is 4.96. The lowest BCUT2D eigenvalue weighted by Crippen LogP contribution is -2.32. The van der Waals surface area contributed by atoms with E-state index >= 15 is 0 Å². The van der Waals surface area contributed by atoms with Crippen LogP contribution in [0.3, 0.4) is 0 Å². The quantitative estimate of drug-likeness (QED) is 0.872. The van der Waals surface area contributed by atoms with Crippen LogP contribution in [0.15, 0.2) is 15.5 Å². The van der Waals surface area contributed by atoms with Gasteiger partial charge in [-0.25, -0.2) is 0 Å². The van der Waals surface area contributed by atoms with Gasteiger partial charge in [0, 0.05) is 17.0 Å². The minimum atomic E-state index is -3.78. The number of aryl methyl sites for hydroxylation is 1. The molecule has 6 heteroatoms. The van der Waals surface area contributed by atoms with Gasteiger partial charge >= 0.3 is 5.92 Å². The predicted molar refractivity (Wildman–Crippen MR) is 53.9 cm³/mol. The molecular formula is C10H8ClF2NO2. The second-order valence-electron chi connectivity index (χ2n) is 3.52. The number of primary amides is 1. The zero-order chi connectivity index (χ0) is 11.9. The highest BCUT2D eigenvalue weighted by molar-refractivity contribution is 6.31. The summed E-state index contributed by atoms with van der Waals surface area (Å²) in [6.45, 7) is 0. The Hall–Kier alpha value is -1.36. The first-order valence-electron chi connectivity index (χ1n) is 4.58. The van der Waals surface area contributed by atoms with Crippen molar-refractivity contribution < 1.29 is 18.0 Å². The molecule has 2 rings (SSSR count). The lowest BCUT2D eigenvalue weighted by atomic mass is 10.1. The highest BCUT2D eigenvalue weighted by Gasteiger charge is 2.43. The van der Waals surface area contributed by atoms with Crippen molar-refractivity contribution in [3.63, 3.8) is 0 Å². The zero-order valence-electron chi connectivity index (χ0n) is 8.10. The third-order valence-corrected chi connectivity index (χ3v) is 2.66. The average molecular weight is 248 g/mol. The predicted octanol–water partition coefficient (Wildman–Crippen LogP) is 2.38. The SMILES string of the molecule is NC(=O)C(F)(F)c1cc2c(o1)CCC(Cl)=C2. The maximum absolute atomic E-state index is 13.2. The molecule has 1 aromatic rings. The molecule has 16 heavy (non-hydrogen) atoms. The smallest absolute Gasteiger partial charge is 0.380 e. The number of amides is 1. The van der Waals surface area contributed by atoms with Crippen LogP contribution in [0.1, 0.15) is 23.5 Å².